The van der Waals surface area contributed by atoms with Crippen LogP contribution in [0.3, 0.4) is 0 Å². The molecule has 2 aliphatic rings. The number of carbonyl (C=O) groups excluding carboxylic acids is 1. The third kappa shape index (κ3) is 2.03. The lowest BCUT2D eigenvalue weighted by molar-refractivity contribution is 0.0906. The Bertz CT molecular complexity index is 481. The lowest BCUT2D eigenvalue weighted by Gasteiger charge is -2.26. The first-order valence-corrected chi connectivity index (χ1v) is 7.79. The van der Waals surface area contributed by atoms with E-state index in [0.717, 1.165) is 31.4 Å². The van der Waals surface area contributed by atoms with E-state index in [9.17, 15) is 9.00 Å². The molecule has 4 heteroatoms. The van der Waals surface area contributed by atoms with Crippen molar-refractivity contribution >= 4 is 16.6 Å². The van der Waals surface area contributed by atoms with Crippen LogP contribution in [0.1, 0.15) is 41.7 Å². The molecule has 1 aromatic rings. The van der Waals surface area contributed by atoms with Gasteiger partial charge in [0.25, 0.3) is 0 Å². The smallest absolute Gasteiger partial charge is 0.167 e. The number of fused-ring (bicyclic) bond motifs is 2. The molecule has 1 aromatic heterocycles. The van der Waals surface area contributed by atoms with Gasteiger partial charge in [0.1, 0.15) is 0 Å². The highest BCUT2D eigenvalue weighted by atomic mass is 32.2. The minimum atomic E-state index is -0.684. The number of aromatic nitrogens is 1. The number of hydrogen-bond acceptors (Lipinski definition) is 3. The molecule has 2 fully saturated rings. The molecule has 3 nitrogen and oxygen atoms in total. The summed E-state index contributed by atoms with van der Waals surface area (Å²) in [5.74, 6) is 0.251. The van der Waals surface area contributed by atoms with Gasteiger partial charge in [-0.05, 0) is 44.7 Å². The van der Waals surface area contributed by atoms with E-state index in [4.69, 9.17) is 0 Å². The zero-order valence-corrected chi connectivity index (χ0v) is 11.3. The Labute approximate surface area is 109 Å². The van der Waals surface area contributed by atoms with Gasteiger partial charge in [-0.3, -0.25) is 14.0 Å². The van der Waals surface area contributed by atoms with Crippen molar-refractivity contribution in [3.8, 4) is 0 Å². The van der Waals surface area contributed by atoms with Crippen LogP contribution in [-0.4, -0.2) is 25.5 Å². The van der Waals surface area contributed by atoms with E-state index in [1.807, 2.05) is 19.1 Å². The van der Waals surface area contributed by atoms with E-state index in [2.05, 4.69) is 4.98 Å². The molecule has 0 radical (unpaired) electrons. The molecule has 18 heavy (non-hydrogen) atoms. The van der Waals surface area contributed by atoms with Gasteiger partial charge in [-0.25, -0.2) is 0 Å². The van der Waals surface area contributed by atoms with E-state index in [1.54, 1.807) is 6.20 Å². The zero-order valence-electron chi connectivity index (χ0n) is 10.5. The van der Waals surface area contributed by atoms with Crippen molar-refractivity contribution in [2.24, 2.45) is 5.92 Å². The first kappa shape index (κ1) is 12.0. The second-order valence-corrected chi connectivity index (χ2v) is 7.36. The van der Waals surface area contributed by atoms with Gasteiger partial charge in [0.05, 0.1) is 0 Å². The first-order chi connectivity index (χ1) is 8.65. The van der Waals surface area contributed by atoms with Gasteiger partial charge in [-0.2, -0.15) is 0 Å². The van der Waals surface area contributed by atoms with E-state index in [-0.39, 0.29) is 22.2 Å². The van der Waals surface area contributed by atoms with E-state index in [0.29, 0.717) is 5.56 Å². The van der Waals surface area contributed by atoms with Crippen LogP contribution in [0.4, 0.5) is 0 Å². The fraction of sp³-hybridized carbons (Fsp3) is 0.571. The van der Waals surface area contributed by atoms with Crippen LogP contribution >= 0.6 is 0 Å². The maximum Gasteiger partial charge on any atom is 0.167 e. The lowest BCUT2D eigenvalue weighted by atomic mass is 9.91. The molecule has 3 heterocycles. The Morgan fingerprint density at radius 1 is 1.28 bits per heavy atom. The molecule has 0 amide bonds. The van der Waals surface area contributed by atoms with E-state index in [1.165, 1.54) is 0 Å². The summed E-state index contributed by atoms with van der Waals surface area (Å²) in [6.07, 6.45) is 5.34. The summed E-state index contributed by atoms with van der Waals surface area (Å²) >= 11 is 0. The number of carbonyl (C=O) groups is 1. The first-order valence-electron chi connectivity index (χ1n) is 6.51. The van der Waals surface area contributed by atoms with Crippen molar-refractivity contribution < 1.29 is 9.00 Å². The Kier molecular flexibility index (Phi) is 3.06. The minimum absolute atomic E-state index is 0.0599. The highest BCUT2D eigenvalue weighted by molar-refractivity contribution is 7.86. The molecule has 2 aliphatic heterocycles. The Balaban J connectivity index is 1.78. The number of aryl methyl sites for hydroxylation is 1. The molecule has 2 bridgehead atoms. The Morgan fingerprint density at radius 2 is 1.94 bits per heavy atom. The summed E-state index contributed by atoms with van der Waals surface area (Å²) < 4.78 is 11.9. The van der Waals surface area contributed by atoms with Gasteiger partial charge >= 0.3 is 0 Å². The molecule has 0 spiro atoms. The van der Waals surface area contributed by atoms with Crippen LogP contribution in [0.2, 0.25) is 0 Å². The lowest BCUT2D eigenvalue weighted by Crippen LogP contribution is -2.32. The molecule has 0 N–H and O–H groups in total. The summed E-state index contributed by atoms with van der Waals surface area (Å²) in [7, 11) is -0.684. The number of Topliss-reactive ketones (excluding diaryl/α,β-unsaturated/α-hetero) is 1. The third-order valence-electron chi connectivity index (χ3n) is 4.13. The van der Waals surface area contributed by atoms with Crippen molar-refractivity contribution in [2.45, 2.75) is 43.1 Å². The molecule has 0 saturated carbocycles. The van der Waals surface area contributed by atoms with Gasteiger partial charge in [-0.1, -0.05) is 0 Å². The summed E-state index contributed by atoms with van der Waals surface area (Å²) in [5.41, 5.74) is 1.63. The number of rotatable bonds is 2. The summed E-state index contributed by atoms with van der Waals surface area (Å²) in [6, 6.07) is 3.74. The van der Waals surface area contributed by atoms with Crippen molar-refractivity contribution in [3.05, 3.63) is 29.6 Å². The van der Waals surface area contributed by atoms with Gasteiger partial charge < -0.3 is 0 Å². The number of nitrogens with zero attached hydrogens (tertiary/aromatic N) is 1. The number of ketones is 1. The molecule has 2 saturated heterocycles. The highest BCUT2D eigenvalue weighted by Gasteiger charge is 2.42. The van der Waals surface area contributed by atoms with Gasteiger partial charge in [0.2, 0.25) is 0 Å². The van der Waals surface area contributed by atoms with Crippen molar-refractivity contribution in [1.82, 2.24) is 4.98 Å². The second-order valence-electron chi connectivity index (χ2n) is 5.37. The van der Waals surface area contributed by atoms with E-state index < -0.39 is 10.8 Å². The van der Waals surface area contributed by atoms with Crippen LogP contribution in [-0.2, 0) is 10.8 Å². The van der Waals surface area contributed by atoms with Gasteiger partial charge in [0, 0.05) is 44.7 Å². The quantitative estimate of drug-likeness (QED) is 0.769. The van der Waals surface area contributed by atoms with Crippen LogP contribution in [0.15, 0.2) is 18.3 Å². The molecule has 0 aliphatic carbocycles. The average Bonchev–Trinajstić information content (AvgIpc) is 2.62. The normalized spacial score (nSPS) is 34.5. The average molecular weight is 263 g/mol. The number of hydrogen-bond donors (Lipinski definition) is 0. The van der Waals surface area contributed by atoms with Gasteiger partial charge in [0.15, 0.2) is 5.78 Å². The second kappa shape index (κ2) is 4.57. The van der Waals surface area contributed by atoms with Crippen LogP contribution < -0.4 is 0 Å². The van der Waals surface area contributed by atoms with Crippen molar-refractivity contribution in [1.29, 1.82) is 0 Å². The van der Waals surface area contributed by atoms with Crippen LogP contribution in [0, 0.1) is 12.8 Å². The molecule has 96 valence electrons. The Hall–Kier alpha value is -1.03. The summed E-state index contributed by atoms with van der Waals surface area (Å²) in [4.78, 5) is 16.6. The van der Waals surface area contributed by atoms with Crippen molar-refractivity contribution in [2.75, 3.05) is 0 Å². The molecule has 3 rings (SSSR count). The fourth-order valence-electron chi connectivity index (χ4n) is 3.10. The minimum Gasteiger partial charge on any atom is -0.294 e. The molecular weight excluding hydrogens is 246 g/mol. The number of pyridine rings is 1. The largest absolute Gasteiger partial charge is 0.294 e. The van der Waals surface area contributed by atoms with Crippen LogP contribution in [0.25, 0.3) is 0 Å². The van der Waals surface area contributed by atoms with Crippen molar-refractivity contribution in [3.63, 3.8) is 0 Å². The standard InChI is InChI=1S/C14H17NO2S/c1-9-2-3-10(8-15-9)14(16)11-6-12-4-5-13(7-11)18(12)17/h2-3,8,11-13H,4-7H2,1H3. The highest BCUT2D eigenvalue weighted by Crippen LogP contribution is 2.39. The predicted molar refractivity (Wildman–Crippen MR) is 71.0 cm³/mol. The topological polar surface area (TPSA) is 47.0 Å². The molecule has 2 atom stereocenters. The zero-order chi connectivity index (χ0) is 12.7. The SMILES string of the molecule is Cc1ccc(C(=O)C2CC3CCC(C2)S3=O)cn1. The third-order valence-corrected chi connectivity index (χ3v) is 6.30. The summed E-state index contributed by atoms with van der Waals surface area (Å²) in [5, 5.41) is 0.521. The molecule has 2 unspecified atom stereocenters. The molecular formula is C14H17NO2S. The fourth-order valence-corrected chi connectivity index (χ4v) is 5.22. The maximum atomic E-state index is 12.4. The van der Waals surface area contributed by atoms with E-state index >= 15 is 0 Å². The monoisotopic (exact) mass is 263 g/mol. The Morgan fingerprint density at radius 3 is 2.50 bits per heavy atom. The van der Waals surface area contributed by atoms with Gasteiger partial charge in [-0.15, -0.1) is 0 Å². The summed E-state index contributed by atoms with van der Waals surface area (Å²) in [6.45, 7) is 1.91. The van der Waals surface area contributed by atoms with Crippen LogP contribution in [0.5, 0.6) is 0 Å². The molecule has 0 aromatic carbocycles. The predicted octanol–water partition coefficient (Wildman–Crippen LogP) is 2.26. The maximum absolute atomic E-state index is 12.4.